The summed E-state index contributed by atoms with van der Waals surface area (Å²) < 4.78 is 7.59. The van der Waals surface area contributed by atoms with Gasteiger partial charge in [0, 0.05) is 32.4 Å². The number of hydrogen-bond acceptors (Lipinski definition) is 3. The molecule has 0 amide bonds. The molecule has 0 saturated carbocycles. The summed E-state index contributed by atoms with van der Waals surface area (Å²) in [6.45, 7) is 8.57. The van der Waals surface area contributed by atoms with Crippen LogP contribution in [0.3, 0.4) is 0 Å². The molecular formula is C14H25N3O. The second kappa shape index (κ2) is 6.34. The van der Waals surface area contributed by atoms with Crippen molar-refractivity contribution < 1.29 is 4.74 Å². The van der Waals surface area contributed by atoms with Crippen LogP contribution in [0, 0.1) is 5.92 Å². The highest BCUT2D eigenvalue weighted by molar-refractivity contribution is 5.00. The molecule has 1 aromatic heterocycles. The van der Waals surface area contributed by atoms with Crippen LogP contribution in [0.5, 0.6) is 0 Å². The zero-order valence-corrected chi connectivity index (χ0v) is 11.8. The van der Waals surface area contributed by atoms with Crippen molar-refractivity contribution in [1.82, 2.24) is 14.5 Å². The summed E-state index contributed by atoms with van der Waals surface area (Å²) in [4.78, 5) is 6.82. The fraction of sp³-hybridized carbons (Fsp3) is 0.786. The highest BCUT2D eigenvalue weighted by Crippen LogP contribution is 2.20. The molecule has 1 fully saturated rings. The summed E-state index contributed by atoms with van der Waals surface area (Å²) in [6, 6.07) is 0.581. The summed E-state index contributed by atoms with van der Waals surface area (Å²) >= 11 is 0. The van der Waals surface area contributed by atoms with Crippen molar-refractivity contribution >= 4 is 0 Å². The van der Waals surface area contributed by atoms with Crippen molar-refractivity contribution in [3.8, 4) is 0 Å². The van der Waals surface area contributed by atoms with Crippen LogP contribution in [0.1, 0.15) is 32.4 Å². The molecule has 1 aliphatic heterocycles. The third-order valence-corrected chi connectivity index (χ3v) is 3.58. The van der Waals surface area contributed by atoms with Gasteiger partial charge >= 0.3 is 0 Å². The van der Waals surface area contributed by atoms with Gasteiger partial charge in [-0.3, -0.25) is 4.90 Å². The molecule has 0 aliphatic carbocycles. The van der Waals surface area contributed by atoms with Gasteiger partial charge in [0.1, 0.15) is 0 Å². The van der Waals surface area contributed by atoms with Gasteiger partial charge in [0.2, 0.25) is 0 Å². The Bertz CT molecular complexity index is 362. The van der Waals surface area contributed by atoms with Crippen molar-refractivity contribution in [3.63, 3.8) is 0 Å². The first kappa shape index (κ1) is 13.6. The molecule has 1 atom stereocenters. The standard InChI is InChI=1S/C14H25N3O/c1-12(2)8-17-11-15-7-14(17)9-16-6-4-5-13(16)10-18-3/h7,11-13H,4-6,8-10H2,1-3H3/t13-/m0/s1. The maximum absolute atomic E-state index is 5.31. The molecule has 0 spiro atoms. The van der Waals surface area contributed by atoms with Gasteiger partial charge in [-0.2, -0.15) is 0 Å². The Hall–Kier alpha value is -0.870. The maximum atomic E-state index is 5.31. The Labute approximate surface area is 110 Å². The molecule has 2 heterocycles. The first-order valence-corrected chi connectivity index (χ1v) is 6.92. The van der Waals surface area contributed by atoms with E-state index in [4.69, 9.17) is 4.74 Å². The fourth-order valence-electron chi connectivity index (χ4n) is 2.73. The van der Waals surface area contributed by atoms with Gasteiger partial charge in [-0.05, 0) is 25.3 Å². The van der Waals surface area contributed by atoms with Crippen LogP contribution in [0.4, 0.5) is 0 Å². The van der Waals surface area contributed by atoms with E-state index in [2.05, 4.69) is 28.3 Å². The molecule has 0 radical (unpaired) electrons. The molecule has 2 rings (SSSR count). The SMILES string of the molecule is COC[C@@H]1CCCN1Cc1cncn1CC(C)C. The third kappa shape index (κ3) is 3.33. The zero-order chi connectivity index (χ0) is 13.0. The van der Waals surface area contributed by atoms with Crippen LogP contribution in [-0.4, -0.2) is 40.8 Å². The second-order valence-corrected chi connectivity index (χ2v) is 5.65. The third-order valence-electron chi connectivity index (χ3n) is 3.58. The average Bonchev–Trinajstić information content (AvgIpc) is 2.91. The Morgan fingerprint density at radius 3 is 3.06 bits per heavy atom. The van der Waals surface area contributed by atoms with Crippen LogP contribution in [0.15, 0.2) is 12.5 Å². The topological polar surface area (TPSA) is 30.3 Å². The molecule has 18 heavy (non-hydrogen) atoms. The summed E-state index contributed by atoms with van der Waals surface area (Å²) in [5, 5.41) is 0. The summed E-state index contributed by atoms with van der Waals surface area (Å²) in [7, 11) is 1.79. The smallest absolute Gasteiger partial charge is 0.0948 e. The summed E-state index contributed by atoms with van der Waals surface area (Å²) in [6.07, 6.45) is 6.50. The molecule has 0 bridgehead atoms. The lowest BCUT2D eigenvalue weighted by atomic mass is 10.2. The number of rotatable bonds is 6. The first-order valence-electron chi connectivity index (χ1n) is 6.92. The van der Waals surface area contributed by atoms with Gasteiger partial charge < -0.3 is 9.30 Å². The Morgan fingerprint density at radius 2 is 2.33 bits per heavy atom. The molecule has 102 valence electrons. The van der Waals surface area contributed by atoms with Crippen molar-refractivity contribution in [3.05, 3.63) is 18.2 Å². The number of imidazole rings is 1. The van der Waals surface area contributed by atoms with Crippen molar-refractivity contribution in [2.75, 3.05) is 20.3 Å². The van der Waals surface area contributed by atoms with E-state index in [1.807, 2.05) is 12.5 Å². The van der Waals surface area contributed by atoms with E-state index in [0.717, 1.165) is 19.7 Å². The van der Waals surface area contributed by atoms with Crippen molar-refractivity contribution in [2.24, 2.45) is 5.92 Å². The van der Waals surface area contributed by atoms with Crippen LogP contribution in [0.2, 0.25) is 0 Å². The second-order valence-electron chi connectivity index (χ2n) is 5.65. The Morgan fingerprint density at radius 1 is 1.50 bits per heavy atom. The molecule has 1 aliphatic rings. The van der Waals surface area contributed by atoms with Gasteiger partial charge in [-0.25, -0.2) is 4.98 Å². The van der Waals surface area contributed by atoms with Gasteiger partial charge in [0.25, 0.3) is 0 Å². The Balaban J connectivity index is 1.98. The highest BCUT2D eigenvalue weighted by atomic mass is 16.5. The lowest BCUT2D eigenvalue weighted by molar-refractivity contribution is 0.110. The lowest BCUT2D eigenvalue weighted by Gasteiger charge is -2.24. The van der Waals surface area contributed by atoms with E-state index in [9.17, 15) is 0 Å². The molecule has 0 unspecified atom stereocenters. The van der Waals surface area contributed by atoms with Crippen LogP contribution in [-0.2, 0) is 17.8 Å². The molecule has 4 nitrogen and oxygen atoms in total. The van der Waals surface area contributed by atoms with Crippen LogP contribution in [0.25, 0.3) is 0 Å². The van der Waals surface area contributed by atoms with Gasteiger partial charge in [-0.1, -0.05) is 13.8 Å². The molecule has 4 heteroatoms. The average molecular weight is 251 g/mol. The molecular weight excluding hydrogens is 226 g/mol. The van der Waals surface area contributed by atoms with Crippen molar-refractivity contribution in [2.45, 2.75) is 45.8 Å². The predicted molar refractivity (Wildman–Crippen MR) is 72.4 cm³/mol. The van der Waals surface area contributed by atoms with E-state index in [-0.39, 0.29) is 0 Å². The minimum absolute atomic E-state index is 0.581. The zero-order valence-electron chi connectivity index (χ0n) is 11.8. The van der Waals surface area contributed by atoms with Gasteiger partial charge in [0.05, 0.1) is 18.6 Å². The van der Waals surface area contributed by atoms with E-state index >= 15 is 0 Å². The number of methoxy groups -OCH3 is 1. The van der Waals surface area contributed by atoms with Crippen LogP contribution >= 0.6 is 0 Å². The molecule has 0 N–H and O–H groups in total. The number of ether oxygens (including phenoxy) is 1. The summed E-state index contributed by atoms with van der Waals surface area (Å²) in [5.74, 6) is 0.659. The highest BCUT2D eigenvalue weighted by Gasteiger charge is 2.25. The van der Waals surface area contributed by atoms with Crippen LogP contribution < -0.4 is 0 Å². The minimum atomic E-state index is 0.581. The molecule has 1 aromatic rings. The monoisotopic (exact) mass is 251 g/mol. The fourth-order valence-corrected chi connectivity index (χ4v) is 2.73. The quantitative estimate of drug-likeness (QED) is 0.776. The van der Waals surface area contributed by atoms with E-state index < -0.39 is 0 Å². The normalized spacial score (nSPS) is 21.0. The predicted octanol–water partition coefficient (Wildman–Crippen LogP) is 2.15. The number of likely N-dealkylation sites (tertiary alicyclic amines) is 1. The summed E-state index contributed by atoms with van der Waals surface area (Å²) in [5.41, 5.74) is 1.33. The number of hydrogen-bond donors (Lipinski definition) is 0. The maximum Gasteiger partial charge on any atom is 0.0948 e. The largest absolute Gasteiger partial charge is 0.383 e. The van der Waals surface area contributed by atoms with Gasteiger partial charge in [0.15, 0.2) is 0 Å². The molecule has 0 aromatic carbocycles. The Kier molecular flexibility index (Phi) is 4.78. The number of nitrogens with zero attached hydrogens (tertiary/aromatic N) is 3. The van der Waals surface area contributed by atoms with Crippen molar-refractivity contribution in [1.29, 1.82) is 0 Å². The van der Waals surface area contributed by atoms with E-state index in [0.29, 0.717) is 12.0 Å². The van der Waals surface area contributed by atoms with E-state index in [1.165, 1.54) is 25.1 Å². The lowest BCUT2D eigenvalue weighted by Crippen LogP contribution is -2.33. The first-order chi connectivity index (χ1) is 8.70. The molecule has 1 saturated heterocycles. The minimum Gasteiger partial charge on any atom is -0.383 e. The van der Waals surface area contributed by atoms with Gasteiger partial charge in [-0.15, -0.1) is 0 Å². The van der Waals surface area contributed by atoms with E-state index in [1.54, 1.807) is 7.11 Å². The number of aromatic nitrogens is 2.